The molecule has 1 aliphatic heterocycles. The minimum absolute atomic E-state index is 0. The fraction of sp³-hybridized carbons (Fsp3) is 0.438. The summed E-state index contributed by atoms with van der Waals surface area (Å²) in [5.74, 6) is -0.754. The van der Waals surface area contributed by atoms with Gasteiger partial charge in [0.15, 0.2) is 0 Å². The normalized spacial score (nSPS) is 20.0. The Bertz CT molecular complexity index is 631. The molecule has 9 heteroatoms. The number of cyclic esters (lactones) is 1. The van der Waals surface area contributed by atoms with Crippen molar-refractivity contribution in [3.63, 3.8) is 0 Å². The first-order valence-electron chi connectivity index (χ1n) is 7.75. The SMILES string of the molecule is CCOP(=O)([CH-]C(=O)N1C(=O)O[C@@H](c2ccccc2)[C@H]1C)OCC.[Na+]. The van der Waals surface area contributed by atoms with Gasteiger partial charge in [-0.15, -0.1) is 0 Å². The van der Waals surface area contributed by atoms with Crippen molar-refractivity contribution < 1.29 is 57.5 Å². The van der Waals surface area contributed by atoms with Crippen molar-refractivity contribution in [3.05, 3.63) is 42.1 Å². The van der Waals surface area contributed by atoms with E-state index < -0.39 is 31.7 Å². The molecule has 1 aliphatic rings. The van der Waals surface area contributed by atoms with Crippen LogP contribution >= 0.6 is 7.60 Å². The van der Waals surface area contributed by atoms with E-state index in [9.17, 15) is 14.2 Å². The fourth-order valence-corrected chi connectivity index (χ4v) is 3.85. The van der Waals surface area contributed by atoms with Crippen LogP contribution in [0.3, 0.4) is 0 Å². The second-order valence-corrected chi connectivity index (χ2v) is 7.02. The Kier molecular flexibility index (Phi) is 8.68. The summed E-state index contributed by atoms with van der Waals surface area (Å²) < 4.78 is 27.9. The Morgan fingerprint density at radius 2 is 1.80 bits per heavy atom. The molecule has 0 radical (unpaired) electrons. The topological polar surface area (TPSA) is 82.1 Å². The molecule has 132 valence electrons. The Morgan fingerprint density at radius 1 is 1.24 bits per heavy atom. The maximum Gasteiger partial charge on any atom is 1.00 e. The summed E-state index contributed by atoms with van der Waals surface area (Å²) in [7, 11) is -3.70. The summed E-state index contributed by atoms with van der Waals surface area (Å²) in [5.41, 5.74) is 0.784. The van der Waals surface area contributed by atoms with E-state index >= 15 is 0 Å². The van der Waals surface area contributed by atoms with Gasteiger partial charge in [-0.1, -0.05) is 30.3 Å². The van der Waals surface area contributed by atoms with Crippen LogP contribution in [0.2, 0.25) is 0 Å². The number of carbonyl (C=O) groups is 2. The van der Waals surface area contributed by atoms with Crippen molar-refractivity contribution in [1.29, 1.82) is 0 Å². The van der Waals surface area contributed by atoms with Gasteiger partial charge in [0.05, 0.1) is 19.3 Å². The van der Waals surface area contributed by atoms with Crippen molar-refractivity contribution in [3.8, 4) is 0 Å². The molecular formula is C16H21NNaO6P. The maximum absolute atomic E-state index is 12.4. The molecule has 1 fully saturated rings. The van der Waals surface area contributed by atoms with Crippen LogP contribution in [0.25, 0.3) is 0 Å². The first-order valence-corrected chi connectivity index (χ1v) is 9.36. The van der Waals surface area contributed by atoms with E-state index in [1.807, 2.05) is 30.3 Å². The standard InChI is InChI=1S/C16H21NO6P.Na/c1-4-21-24(20,22-5-2)11-14(18)17-12(3)15(23-16(17)19)13-9-7-6-8-10-13;/h6-12,15H,4-5H2,1-3H3;/q-1;+1/t12-,15-;/m1./s1. The van der Waals surface area contributed by atoms with E-state index in [0.29, 0.717) is 0 Å². The van der Waals surface area contributed by atoms with Gasteiger partial charge in [0.2, 0.25) is 7.60 Å². The number of hydrogen-bond acceptors (Lipinski definition) is 6. The molecule has 25 heavy (non-hydrogen) atoms. The Hall–Kier alpha value is -0.820. The van der Waals surface area contributed by atoms with E-state index in [1.54, 1.807) is 20.8 Å². The van der Waals surface area contributed by atoms with Crippen LogP contribution in [0.4, 0.5) is 4.79 Å². The molecule has 2 rings (SSSR count). The molecule has 0 spiro atoms. The second-order valence-electron chi connectivity index (χ2n) is 5.17. The minimum atomic E-state index is -3.70. The van der Waals surface area contributed by atoms with Crippen LogP contribution < -0.4 is 29.6 Å². The predicted octanol–water partition coefficient (Wildman–Crippen LogP) is 0.527. The van der Waals surface area contributed by atoms with Gasteiger partial charge in [0, 0.05) is 0 Å². The summed E-state index contributed by atoms with van der Waals surface area (Å²) in [5, 5.41) is 0. The van der Waals surface area contributed by atoms with Crippen LogP contribution in [-0.4, -0.2) is 36.2 Å². The Labute approximate surface area is 169 Å². The van der Waals surface area contributed by atoms with Gasteiger partial charge in [0.1, 0.15) is 12.0 Å². The molecule has 2 amide bonds. The Morgan fingerprint density at radius 3 is 2.32 bits per heavy atom. The number of imide groups is 1. The average Bonchev–Trinajstić information content (AvgIpc) is 2.83. The predicted molar refractivity (Wildman–Crippen MR) is 87.1 cm³/mol. The summed E-state index contributed by atoms with van der Waals surface area (Å²) in [6, 6.07) is 8.59. The average molecular weight is 377 g/mol. The second kappa shape index (κ2) is 9.76. The van der Waals surface area contributed by atoms with Crippen molar-refractivity contribution in [2.24, 2.45) is 0 Å². The largest absolute Gasteiger partial charge is 1.00 e. The molecule has 1 aromatic rings. The monoisotopic (exact) mass is 377 g/mol. The van der Waals surface area contributed by atoms with E-state index in [1.165, 1.54) is 0 Å². The zero-order chi connectivity index (χ0) is 17.7. The molecule has 2 atom stereocenters. The summed E-state index contributed by atoms with van der Waals surface area (Å²) in [4.78, 5) is 25.5. The van der Waals surface area contributed by atoms with Crippen LogP contribution in [-0.2, 0) is 23.1 Å². The number of ether oxygens (including phenoxy) is 1. The molecule has 0 N–H and O–H groups in total. The Balaban J connectivity index is 0.00000312. The van der Waals surface area contributed by atoms with Crippen molar-refractivity contribution >= 4 is 19.6 Å². The number of benzene rings is 1. The van der Waals surface area contributed by atoms with E-state index in [0.717, 1.165) is 16.6 Å². The number of nitrogens with zero attached hydrogens (tertiary/aromatic N) is 1. The van der Waals surface area contributed by atoms with Crippen molar-refractivity contribution in [2.75, 3.05) is 13.2 Å². The van der Waals surface area contributed by atoms with Crippen LogP contribution in [0.5, 0.6) is 0 Å². The van der Waals surface area contributed by atoms with Crippen molar-refractivity contribution in [2.45, 2.75) is 32.9 Å². The van der Waals surface area contributed by atoms with Gasteiger partial charge in [-0.2, -0.15) is 6.16 Å². The fourth-order valence-electron chi connectivity index (χ4n) is 2.51. The van der Waals surface area contributed by atoms with E-state index in [4.69, 9.17) is 13.8 Å². The number of amides is 2. The summed E-state index contributed by atoms with van der Waals surface area (Å²) in [6.07, 6.45) is -0.516. The van der Waals surface area contributed by atoms with Crippen LogP contribution in [0.15, 0.2) is 30.3 Å². The first kappa shape index (κ1) is 22.2. The third kappa shape index (κ3) is 5.33. The number of carbonyl (C=O) groups excluding carboxylic acids is 2. The van der Waals surface area contributed by atoms with Crippen LogP contribution in [0.1, 0.15) is 32.4 Å². The quantitative estimate of drug-likeness (QED) is 0.392. The van der Waals surface area contributed by atoms with E-state index in [2.05, 4.69) is 0 Å². The third-order valence-electron chi connectivity index (χ3n) is 3.52. The van der Waals surface area contributed by atoms with Gasteiger partial charge in [-0.05, 0) is 26.3 Å². The zero-order valence-electron chi connectivity index (χ0n) is 14.9. The molecule has 0 aromatic heterocycles. The smallest absolute Gasteiger partial charge is 0.439 e. The van der Waals surface area contributed by atoms with Gasteiger partial charge in [-0.25, -0.2) is 4.79 Å². The molecule has 0 saturated carbocycles. The molecular weight excluding hydrogens is 356 g/mol. The van der Waals surface area contributed by atoms with Gasteiger partial charge >= 0.3 is 35.7 Å². The van der Waals surface area contributed by atoms with Crippen LogP contribution in [0, 0.1) is 6.16 Å². The first-order chi connectivity index (χ1) is 11.4. The van der Waals surface area contributed by atoms with Gasteiger partial charge in [-0.3, -0.25) is 9.46 Å². The number of rotatable bonds is 7. The zero-order valence-corrected chi connectivity index (χ0v) is 17.8. The molecule has 1 aromatic carbocycles. The minimum Gasteiger partial charge on any atom is -0.439 e. The molecule has 1 heterocycles. The molecule has 0 bridgehead atoms. The van der Waals surface area contributed by atoms with E-state index in [-0.39, 0.29) is 42.8 Å². The molecule has 0 aliphatic carbocycles. The maximum atomic E-state index is 12.4. The summed E-state index contributed by atoms with van der Waals surface area (Å²) in [6.45, 7) is 5.21. The van der Waals surface area contributed by atoms with Crippen molar-refractivity contribution in [1.82, 2.24) is 4.90 Å². The van der Waals surface area contributed by atoms with Gasteiger partial charge in [0.25, 0.3) is 0 Å². The molecule has 0 unspecified atom stereocenters. The number of hydrogen-bond donors (Lipinski definition) is 0. The third-order valence-corrected chi connectivity index (χ3v) is 5.30. The molecule has 1 saturated heterocycles. The molecule has 7 nitrogen and oxygen atoms in total. The summed E-state index contributed by atoms with van der Waals surface area (Å²) >= 11 is 0. The van der Waals surface area contributed by atoms with Gasteiger partial charge < -0.3 is 18.6 Å².